The molecule has 0 atom stereocenters. The number of hydrogen-bond acceptors (Lipinski definition) is 5. The third-order valence-electron chi connectivity index (χ3n) is 4.88. The van der Waals surface area contributed by atoms with E-state index in [1.165, 1.54) is 0 Å². The van der Waals surface area contributed by atoms with E-state index in [-0.39, 0.29) is 12.5 Å². The van der Waals surface area contributed by atoms with Crippen LogP contribution >= 0.6 is 0 Å². The molecule has 2 aromatic carbocycles. The average molecular weight is 351 g/mol. The lowest BCUT2D eigenvalue weighted by molar-refractivity contribution is -0.125. The Labute approximate surface area is 151 Å². The Morgan fingerprint density at radius 2 is 1.96 bits per heavy atom. The van der Waals surface area contributed by atoms with E-state index in [1.807, 2.05) is 42.5 Å². The predicted octanol–water partition coefficient (Wildman–Crippen LogP) is 3.50. The molecule has 0 spiro atoms. The minimum Gasteiger partial charge on any atom is -0.484 e. The number of benzene rings is 2. The average Bonchev–Trinajstić information content (AvgIpc) is 3.30. The number of carbonyl (C=O) groups is 1. The highest BCUT2D eigenvalue weighted by atomic mass is 16.5. The van der Waals surface area contributed by atoms with Crippen LogP contribution in [-0.2, 0) is 10.3 Å². The van der Waals surface area contributed by atoms with Gasteiger partial charge in [-0.3, -0.25) is 4.79 Å². The van der Waals surface area contributed by atoms with Gasteiger partial charge in [0.15, 0.2) is 12.4 Å². The largest absolute Gasteiger partial charge is 0.484 e. The SMILES string of the molecule is Cc1nc(C2(NC(=O)COc3ccc4ccccc4c3)CCCC2)no1. The highest BCUT2D eigenvalue weighted by Gasteiger charge is 2.41. The second kappa shape index (κ2) is 6.78. The Morgan fingerprint density at radius 1 is 1.19 bits per heavy atom. The van der Waals surface area contributed by atoms with Gasteiger partial charge in [0.05, 0.1) is 0 Å². The van der Waals surface area contributed by atoms with Crippen molar-refractivity contribution in [2.24, 2.45) is 0 Å². The van der Waals surface area contributed by atoms with Crippen molar-refractivity contribution in [2.45, 2.75) is 38.1 Å². The molecule has 1 aliphatic carbocycles. The van der Waals surface area contributed by atoms with Crippen molar-refractivity contribution < 1.29 is 14.1 Å². The Hall–Kier alpha value is -2.89. The fourth-order valence-corrected chi connectivity index (χ4v) is 3.59. The van der Waals surface area contributed by atoms with E-state index in [0.29, 0.717) is 17.5 Å². The van der Waals surface area contributed by atoms with Crippen LogP contribution in [-0.4, -0.2) is 22.7 Å². The molecule has 1 fully saturated rings. The summed E-state index contributed by atoms with van der Waals surface area (Å²) in [5.74, 6) is 1.57. The summed E-state index contributed by atoms with van der Waals surface area (Å²) in [5.41, 5.74) is -0.540. The zero-order valence-electron chi connectivity index (χ0n) is 14.7. The van der Waals surface area contributed by atoms with Gasteiger partial charge >= 0.3 is 0 Å². The minimum atomic E-state index is -0.540. The molecule has 3 aromatic rings. The van der Waals surface area contributed by atoms with E-state index in [9.17, 15) is 4.79 Å². The summed E-state index contributed by atoms with van der Waals surface area (Å²) in [7, 11) is 0. The van der Waals surface area contributed by atoms with Crippen LogP contribution in [0.15, 0.2) is 47.0 Å². The molecular formula is C20H21N3O3. The summed E-state index contributed by atoms with van der Waals surface area (Å²) >= 11 is 0. The highest BCUT2D eigenvalue weighted by molar-refractivity contribution is 5.84. The molecule has 0 radical (unpaired) electrons. The van der Waals surface area contributed by atoms with Gasteiger partial charge in [-0.05, 0) is 35.7 Å². The number of rotatable bonds is 5. The molecule has 134 valence electrons. The second-order valence-corrected chi connectivity index (χ2v) is 6.77. The van der Waals surface area contributed by atoms with E-state index < -0.39 is 5.54 Å². The normalized spacial score (nSPS) is 15.9. The van der Waals surface area contributed by atoms with Gasteiger partial charge in [0.25, 0.3) is 5.91 Å². The van der Waals surface area contributed by atoms with Crippen LogP contribution in [0.5, 0.6) is 5.75 Å². The summed E-state index contributed by atoms with van der Waals surface area (Å²) in [6.07, 6.45) is 3.68. The number of amides is 1. The molecule has 0 unspecified atom stereocenters. The fraction of sp³-hybridized carbons (Fsp3) is 0.350. The number of fused-ring (bicyclic) bond motifs is 1. The van der Waals surface area contributed by atoms with Gasteiger partial charge in [0.2, 0.25) is 5.89 Å². The van der Waals surface area contributed by atoms with Crippen molar-refractivity contribution in [3.63, 3.8) is 0 Å². The van der Waals surface area contributed by atoms with Crippen LogP contribution in [0, 0.1) is 6.92 Å². The van der Waals surface area contributed by atoms with Gasteiger partial charge in [-0.1, -0.05) is 48.3 Å². The topological polar surface area (TPSA) is 77.2 Å². The molecular weight excluding hydrogens is 330 g/mol. The molecule has 0 saturated heterocycles. The summed E-state index contributed by atoms with van der Waals surface area (Å²) in [6.45, 7) is 1.71. The van der Waals surface area contributed by atoms with E-state index >= 15 is 0 Å². The smallest absolute Gasteiger partial charge is 0.258 e. The number of nitrogens with zero attached hydrogens (tertiary/aromatic N) is 2. The number of carbonyl (C=O) groups excluding carboxylic acids is 1. The van der Waals surface area contributed by atoms with Crippen molar-refractivity contribution in [3.05, 3.63) is 54.2 Å². The van der Waals surface area contributed by atoms with Crippen molar-refractivity contribution in [1.82, 2.24) is 15.5 Å². The van der Waals surface area contributed by atoms with Crippen LogP contribution < -0.4 is 10.1 Å². The first-order valence-corrected chi connectivity index (χ1v) is 8.88. The number of hydrogen-bond donors (Lipinski definition) is 1. The second-order valence-electron chi connectivity index (χ2n) is 6.77. The zero-order chi connectivity index (χ0) is 18.0. The molecule has 1 aliphatic rings. The molecule has 1 heterocycles. The van der Waals surface area contributed by atoms with Crippen LogP contribution in [0.4, 0.5) is 0 Å². The van der Waals surface area contributed by atoms with Crippen molar-refractivity contribution in [2.75, 3.05) is 6.61 Å². The van der Waals surface area contributed by atoms with Crippen molar-refractivity contribution in [3.8, 4) is 5.75 Å². The van der Waals surface area contributed by atoms with E-state index in [1.54, 1.807) is 6.92 Å². The number of aromatic nitrogens is 2. The van der Waals surface area contributed by atoms with Crippen LogP contribution in [0.3, 0.4) is 0 Å². The first-order valence-electron chi connectivity index (χ1n) is 8.88. The highest BCUT2D eigenvalue weighted by Crippen LogP contribution is 2.37. The lowest BCUT2D eigenvalue weighted by Crippen LogP contribution is -2.46. The maximum absolute atomic E-state index is 12.5. The van der Waals surface area contributed by atoms with Gasteiger partial charge < -0.3 is 14.6 Å². The van der Waals surface area contributed by atoms with Gasteiger partial charge in [-0.2, -0.15) is 4.98 Å². The number of aryl methyl sites for hydroxylation is 1. The Morgan fingerprint density at radius 3 is 2.69 bits per heavy atom. The zero-order valence-corrected chi connectivity index (χ0v) is 14.7. The molecule has 1 amide bonds. The third kappa shape index (κ3) is 3.27. The maximum Gasteiger partial charge on any atom is 0.258 e. The molecule has 1 aromatic heterocycles. The molecule has 6 nitrogen and oxygen atoms in total. The molecule has 26 heavy (non-hydrogen) atoms. The first-order chi connectivity index (χ1) is 12.6. The molecule has 4 rings (SSSR count). The maximum atomic E-state index is 12.5. The Balaban J connectivity index is 1.43. The first kappa shape index (κ1) is 16.6. The quantitative estimate of drug-likeness (QED) is 0.761. The van der Waals surface area contributed by atoms with Gasteiger partial charge in [0, 0.05) is 6.92 Å². The molecule has 0 aliphatic heterocycles. The van der Waals surface area contributed by atoms with E-state index in [0.717, 1.165) is 36.5 Å². The molecule has 0 bridgehead atoms. The predicted molar refractivity (Wildman–Crippen MR) is 96.8 cm³/mol. The fourth-order valence-electron chi connectivity index (χ4n) is 3.59. The van der Waals surface area contributed by atoms with Crippen molar-refractivity contribution in [1.29, 1.82) is 0 Å². The van der Waals surface area contributed by atoms with Gasteiger partial charge in [0.1, 0.15) is 11.3 Å². The monoisotopic (exact) mass is 351 g/mol. The standard InChI is InChI=1S/C20H21N3O3/c1-14-21-19(23-26-14)20(10-4-5-11-20)22-18(24)13-25-17-9-8-15-6-2-3-7-16(15)12-17/h2-3,6-9,12H,4-5,10-11,13H2,1H3,(H,22,24). The summed E-state index contributed by atoms with van der Waals surface area (Å²) < 4.78 is 10.8. The Kier molecular flexibility index (Phi) is 4.32. The summed E-state index contributed by atoms with van der Waals surface area (Å²) in [6, 6.07) is 13.9. The lowest BCUT2D eigenvalue weighted by Gasteiger charge is -2.26. The number of nitrogens with one attached hydrogen (secondary N) is 1. The summed E-state index contributed by atoms with van der Waals surface area (Å²) in [5, 5.41) is 9.34. The van der Waals surface area contributed by atoms with Crippen LogP contribution in [0.25, 0.3) is 10.8 Å². The van der Waals surface area contributed by atoms with Crippen LogP contribution in [0.1, 0.15) is 37.4 Å². The molecule has 1 N–H and O–H groups in total. The lowest BCUT2D eigenvalue weighted by atomic mass is 9.96. The number of ether oxygens (including phenoxy) is 1. The minimum absolute atomic E-state index is 0.0447. The van der Waals surface area contributed by atoms with E-state index in [4.69, 9.17) is 9.26 Å². The van der Waals surface area contributed by atoms with Gasteiger partial charge in [-0.15, -0.1) is 0 Å². The van der Waals surface area contributed by atoms with Gasteiger partial charge in [-0.25, -0.2) is 0 Å². The van der Waals surface area contributed by atoms with Crippen LogP contribution in [0.2, 0.25) is 0 Å². The van der Waals surface area contributed by atoms with E-state index in [2.05, 4.69) is 15.5 Å². The molecule has 1 saturated carbocycles. The third-order valence-corrected chi connectivity index (χ3v) is 4.88. The summed E-state index contributed by atoms with van der Waals surface area (Å²) in [4.78, 5) is 16.8. The Bertz CT molecular complexity index is 929. The molecule has 6 heteroatoms. The van der Waals surface area contributed by atoms with Crippen molar-refractivity contribution >= 4 is 16.7 Å².